The molecule has 2 aromatic heterocycles. The van der Waals surface area contributed by atoms with Crippen LogP contribution in [0.25, 0.3) is 0 Å². The van der Waals surface area contributed by atoms with Crippen LogP contribution < -0.4 is 22.7 Å². The summed E-state index contributed by atoms with van der Waals surface area (Å²) < 4.78 is 5.29. The molecule has 2 heterocycles. The van der Waals surface area contributed by atoms with Crippen LogP contribution in [-0.4, -0.2) is 26.5 Å². The van der Waals surface area contributed by atoms with Gasteiger partial charge in [-0.2, -0.15) is 0 Å². The summed E-state index contributed by atoms with van der Waals surface area (Å²) in [6.45, 7) is 2.75. The normalized spacial score (nSPS) is 10.6. The molecule has 21 heavy (non-hydrogen) atoms. The molecule has 0 radical (unpaired) electrons. The number of ether oxygens (including phenoxy) is 1. The standard InChI is InChI=1S/C11H16N8OS/c1-2-20-5-9-17-8(19-14)4-10(18-9)21-11-15-6(12)3-7(13)16-11/h3-4H,2,5,14H2,1H3,(H,17,18,19)(H4,12,13,15,16). The first-order chi connectivity index (χ1) is 10.1. The van der Waals surface area contributed by atoms with Crippen LogP contribution in [0.4, 0.5) is 17.5 Å². The zero-order valence-corrected chi connectivity index (χ0v) is 12.2. The van der Waals surface area contributed by atoms with Crippen LogP contribution in [-0.2, 0) is 11.3 Å². The second-order valence-electron chi connectivity index (χ2n) is 3.89. The molecule has 0 aliphatic carbocycles. The van der Waals surface area contributed by atoms with Gasteiger partial charge in [0.05, 0.1) is 0 Å². The summed E-state index contributed by atoms with van der Waals surface area (Å²) in [6, 6.07) is 3.15. The summed E-state index contributed by atoms with van der Waals surface area (Å²) in [6.07, 6.45) is 0. The highest BCUT2D eigenvalue weighted by molar-refractivity contribution is 7.99. The minimum Gasteiger partial charge on any atom is -0.383 e. The first-order valence-electron chi connectivity index (χ1n) is 6.11. The maximum atomic E-state index is 5.64. The van der Waals surface area contributed by atoms with Crippen LogP contribution in [0.5, 0.6) is 0 Å². The molecular formula is C11H16N8OS. The zero-order chi connectivity index (χ0) is 15.2. The highest BCUT2D eigenvalue weighted by Crippen LogP contribution is 2.25. The lowest BCUT2D eigenvalue weighted by molar-refractivity contribution is 0.128. The molecule has 9 nitrogen and oxygen atoms in total. The number of rotatable bonds is 6. The maximum absolute atomic E-state index is 5.64. The zero-order valence-electron chi connectivity index (χ0n) is 11.4. The van der Waals surface area contributed by atoms with Crippen LogP contribution in [0, 0.1) is 0 Å². The molecule has 0 aromatic carbocycles. The molecule has 0 saturated carbocycles. The molecule has 7 N–H and O–H groups in total. The van der Waals surface area contributed by atoms with Gasteiger partial charge in [0, 0.05) is 18.7 Å². The molecule has 0 aliphatic rings. The Hall–Kier alpha value is -2.17. The van der Waals surface area contributed by atoms with Crippen molar-refractivity contribution in [1.82, 2.24) is 19.9 Å². The van der Waals surface area contributed by atoms with Gasteiger partial charge in [0.1, 0.15) is 29.1 Å². The van der Waals surface area contributed by atoms with Gasteiger partial charge in [-0.05, 0) is 18.7 Å². The fraction of sp³-hybridized carbons (Fsp3) is 0.273. The number of nitrogens with one attached hydrogen (secondary N) is 1. The topological polar surface area (TPSA) is 151 Å². The molecule has 0 amide bonds. The molecule has 0 atom stereocenters. The number of nitrogen functional groups attached to an aromatic ring is 3. The quantitative estimate of drug-likeness (QED) is 0.255. The van der Waals surface area contributed by atoms with Gasteiger partial charge in [0.2, 0.25) is 0 Å². The Kier molecular flexibility index (Phi) is 5.09. The third kappa shape index (κ3) is 4.41. The van der Waals surface area contributed by atoms with Crippen molar-refractivity contribution in [2.75, 3.05) is 23.5 Å². The van der Waals surface area contributed by atoms with Crippen LogP contribution >= 0.6 is 11.8 Å². The van der Waals surface area contributed by atoms with E-state index in [0.29, 0.717) is 46.7 Å². The molecular weight excluding hydrogens is 292 g/mol. The maximum Gasteiger partial charge on any atom is 0.197 e. The van der Waals surface area contributed by atoms with Crippen LogP contribution in [0.2, 0.25) is 0 Å². The van der Waals surface area contributed by atoms with E-state index in [4.69, 9.17) is 22.0 Å². The monoisotopic (exact) mass is 308 g/mol. The van der Waals surface area contributed by atoms with Gasteiger partial charge in [-0.1, -0.05) is 0 Å². The number of aromatic nitrogens is 4. The summed E-state index contributed by atoms with van der Waals surface area (Å²) >= 11 is 1.21. The van der Waals surface area contributed by atoms with Crippen molar-refractivity contribution in [3.05, 3.63) is 18.0 Å². The van der Waals surface area contributed by atoms with Crippen molar-refractivity contribution in [3.8, 4) is 0 Å². The number of hydrogen-bond donors (Lipinski definition) is 4. The SMILES string of the molecule is CCOCc1nc(NN)cc(Sc2nc(N)cc(N)n2)n1. The fourth-order valence-electron chi connectivity index (χ4n) is 1.46. The van der Waals surface area contributed by atoms with E-state index in [0.717, 1.165) is 0 Å². The van der Waals surface area contributed by atoms with Crippen LogP contribution in [0.3, 0.4) is 0 Å². The second kappa shape index (κ2) is 7.02. The highest BCUT2D eigenvalue weighted by Gasteiger charge is 2.09. The Labute approximate surface area is 125 Å². The van der Waals surface area contributed by atoms with E-state index in [9.17, 15) is 0 Å². The molecule has 112 valence electrons. The minimum absolute atomic E-state index is 0.291. The Morgan fingerprint density at radius 2 is 1.86 bits per heavy atom. The summed E-state index contributed by atoms with van der Waals surface area (Å²) in [5, 5.41) is 1.01. The van der Waals surface area contributed by atoms with Crippen molar-refractivity contribution in [2.24, 2.45) is 5.84 Å². The molecule has 0 aliphatic heterocycles. The van der Waals surface area contributed by atoms with Crippen molar-refractivity contribution >= 4 is 29.2 Å². The van der Waals surface area contributed by atoms with Gasteiger partial charge in [0.15, 0.2) is 11.0 Å². The van der Waals surface area contributed by atoms with E-state index in [1.165, 1.54) is 17.8 Å². The fourth-order valence-corrected chi connectivity index (χ4v) is 2.27. The van der Waals surface area contributed by atoms with E-state index in [1.54, 1.807) is 6.07 Å². The molecule has 2 rings (SSSR count). The predicted octanol–water partition coefficient (Wildman–Crippen LogP) is 0.404. The molecule has 0 fully saturated rings. The average Bonchev–Trinajstić information content (AvgIpc) is 2.43. The predicted molar refractivity (Wildman–Crippen MR) is 80.2 cm³/mol. The van der Waals surface area contributed by atoms with Gasteiger partial charge >= 0.3 is 0 Å². The minimum atomic E-state index is 0.291. The molecule has 10 heteroatoms. The van der Waals surface area contributed by atoms with Crippen molar-refractivity contribution < 1.29 is 4.74 Å². The number of nitrogens with two attached hydrogens (primary N) is 3. The summed E-state index contributed by atoms with van der Waals surface area (Å²) in [5.41, 5.74) is 13.8. The van der Waals surface area contributed by atoms with Gasteiger partial charge in [-0.3, -0.25) is 0 Å². The van der Waals surface area contributed by atoms with Crippen molar-refractivity contribution in [1.29, 1.82) is 0 Å². The Morgan fingerprint density at radius 1 is 1.14 bits per heavy atom. The van der Waals surface area contributed by atoms with Gasteiger partial charge in [-0.25, -0.2) is 25.8 Å². The smallest absolute Gasteiger partial charge is 0.197 e. The molecule has 0 spiro atoms. The number of nitrogens with zero attached hydrogens (tertiary/aromatic N) is 4. The second-order valence-corrected chi connectivity index (χ2v) is 4.88. The Balaban J connectivity index is 2.25. The van der Waals surface area contributed by atoms with E-state index >= 15 is 0 Å². The van der Waals surface area contributed by atoms with E-state index in [2.05, 4.69) is 25.4 Å². The van der Waals surface area contributed by atoms with Gasteiger partial charge in [-0.15, -0.1) is 0 Å². The largest absolute Gasteiger partial charge is 0.383 e. The molecule has 2 aromatic rings. The number of anilines is 3. The third-order valence-corrected chi connectivity index (χ3v) is 3.06. The van der Waals surface area contributed by atoms with Crippen molar-refractivity contribution in [2.45, 2.75) is 23.7 Å². The number of hydrogen-bond acceptors (Lipinski definition) is 10. The lowest BCUT2D eigenvalue weighted by atomic mass is 10.5. The molecule has 0 saturated heterocycles. The van der Waals surface area contributed by atoms with Crippen LogP contribution in [0.1, 0.15) is 12.7 Å². The highest BCUT2D eigenvalue weighted by atomic mass is 32.2. The van der Waals surface area contributed by atoms with E-state index < -0.39 is 0 Å². The van der Waals surface area contributed by atoms with Gasteiger partial charge < -0.3 is 21.6 Å². The van der Waals surface area contributed by atoms with Crippen molar-refractivity contribution in [3.63, 3.8) is 0 Å². The van der Waals surface area contributed by atoms with Crippen LogP contribution in [0.15, 0.2) is 22.3 Å². The molecule has 0 unspecified atom stereocenters. The Morgan fingerprint density at radius 3 is 2.48 bits per heavy atom. The Bertz CT molecular complexity index is 603. The summed E-state index contributed by atoms with van der Waals surface area (Å²) in [5.74, 6) is 6.97. The molecule has 0 bridgehead atoms. The lowest BCUT2D eigenvalue weighted by Crippen LogP contribution is -2.11. The lowest BCUT2D eigenvalue weighted by Gasteiger charge is -2.07. The van der Waals surface area contributed by atoms with Gasteiger partial charge in [0.25, 0.3) is 0 Å². The summed E-state index contributed by atoms with van der Waals surface area (Å²) in [7, 11) is 0. The van der Waals surface area contributed by atoms with E-state index in [1.807, 2.05) is 6.92 Å². The third-order valence-electron chi connectivity index (χ3n) is 2.27. The average molecular weight is 308 g/mol. The number of hydrazine groups is 1. The first-order valence-corrected chi connectivity index (χ1v) is 6.92. The summed E-state index contributed by atoms with van der Waals surface area (Å²) in [4.78, 5) is 16.7. The van der Waals surface area contributed by atoms with E-state index in [-0.39, 0.29) is 0 Å². The first kappa shape index (κ1) is 15.2.